The molecule has 0 spiro atoms. The van der Waals surface area contributed by atoms with E-state index in [1.54, 1.807) is 4.90 Å². The molecule has 0 aromatic heterocycles. The van der Waals surface area contributed by atoms with E-state index in [-0.39, 0.29) is 6.54 Å². The van der Waals surface area contributed by atoms with Crippen LogP contribution in [-0.2, 0) is 4.79 Å². The third kappa shape index (κ3) is 5.37. The van der Waals surface area contributed by atoms with Crippen LogP contribution in [0, 0.1) is 0 Å². The molecule has 0 aliphatic carbocycles. The normalized spacial score (nSPS) is 17.4. The fourth-order valence-electron chi connectivity index (χ4n) is 2.04. The highest BCUT2D eigenvalue weighted by Crippen LogP contribution is 2.07. The molecule has 8 heteroatoms. The zero-order valence-corrected chi connectivity index (χ0v) is 10.9. The maximum atomic E-state index is 12.2. The molecule has 0 radical (unpaired) electrons. The van der Waals surface area contributed by atoms with Crippen LogP contribution in [0.2, 0.25) is 0 Å². The van der Waals surface area contributed by atoms with Crippen molar-refractivity contribution in [3.05, 3.63) is 0 Å². The van der Waals surface area contributed by atoms with Gasteiger partial charge in [0.2, 0.25) is 0 Å². The number of hydrogen-bond donors (Lipinski definition) is 1. The van der Waals surface area contributed by atoms with E-state index in [0.29, 0.717) is 32.6 Å². The molecule has 1 saturated heterocycles. The first kappa shape index (κ1) is 15.6. The molecular weight excluding hydrogens is 260 g/mol. The van der Waals surface area contributed by atoms with E-state index in [4.69, 9.17) is 5.11 Å². The molecule has 1 heterocycles. The summed E-state index contributed by atoms with van der Waals surface area (Å²) in [5.74, 6) is -0.908. The highest BCUT2D eigenvalue weighted by Gasteiger charge is 2.23. The molecule has 0 atom stereocenters. The second-order valence-corrected chi connectivity index (χ2v) is 4.56. The van der Waals surface area contributed by atoms with Crippen LogP contribution in [0.4, 0.5) is 13.6 Å². The van der Waals surface area contributed by atoms with Gasteiger partial charge in [-0.05, 0) is 6.42 Å². The van der Waals surface area contributed by atoms with Crippen molar-refractivity contribution < 1.29 is 23.5 Å². The summed E-state index contributed by atoms with van der Waals surface area (Å²) in [7, 11) is 1.34. The minimum absolute atomic E-state index is 0.0606. The number of nitrogens with zero attached hydrogens (tertiary/aromatic N) is 3. The quantitative estimate of drug-likeness (QED) is 0.809. The zero-order chi connectivity index (χ0) is 14.4. The topological polar surface area (TPSA) is 64.1 Å². The zero-order valence-electron chi connectivity index (χ0n) is 10.9. The Morgan fingerprint density at radius 3 is 2.53 bits per heavy atom. The number of amides is 2. The Kier molecular flexibility index (Phi) is 5.94. The smallest absolute Gasteiger partial charge is 0.319 e. The van der Waals surface area contributed by atoms with Crippen molar-refractivity contribution in [2.24, 2.45) is 0 Å². The number of hydrogen-bond acceptors (Lipinski definition) is 3. The predicted molar refractivity (Wildman–Crippen MR) is 64.3 cm³/mol. The number of urea groups is 1. The van der Waals surface area contributed by atoms with Gasteiger partial charge in [0.25, 0.3) is 6.43 Å². The Hall–Kier alpha value is -1.44. The molecule has 1 aliphatic heterocycles. The number of rotatable bonds is 4. The van der Waals surface area contributed by atoms with E-state index >= 15 is 0 Å². The Balaban J connectivity index is 2.47. The first-order chi connectivity index (χ1) is 8.90. The van der Waals surface area contributed by atoms with Crippen molar-refractivity contribution in [3.8, 4) is 0 Å². The lowest BCUT2D eigenvalue weighted by Gasteiger charge is -2.27. The fourth-order valence-corrected chi connectivity index (χ4v) is 2.04. The van der Waals surface area contributed by atoms with Gasteiger partial charge in [0.05, 0.1) is 13.1 Å². The fraction of sp³-hybridized carbons (Fsp3) is 0.818. The van der Waals surface area contributed by atoms with Crippen molar-refractivity contribution in [2.75, 3.05) is 46.3 Å². The number of halogens is 2. The number of aliphatic carboxylic acids is 1. The number of alkyl halides is 2. The summed E-state index contributed by atoms with van der Waals surface area (Å²) in [4.78, 5) is 26.7. The van der Waals surface area contributed by atoms with Crippen molar-refractivity contribution in [3.63, 3.8) is 0 Å². The van der Waals surface area contributed by atoms with E-state index < -0.39 is 25.0 Å². The molecule has 19 heavy (non-hydrogen) atoms. The molecule has 0 bridgehead atoms. The summed E-state index contributed by atoms with van der Waals surface area (Å²) >= 11 is 0. The lowest BCUT2D eigenvalue weighted by Crippen LogP contribution is -2.44. The summed E-state index contributed by atoms with van der Waals surface area (Å²) in [6.45, 7) is 1.21. The number of carbonyl (C=O) groups excluding carboxylic acids is 1. The van der Waals surface area contributed by atoms with Crippen molar-refractivity contribution in [1.82, 2.24) is 14.7 Å². The average Bonchev–Trinajstić information content (AvgIpc) is 2.52. The van der Waals surface area contributed by atoms with Crippen molar-refractivity contribution >= 4 is 12.0 Å². The average molecular weight is 279 g/mol. The van der Waals surface area contributed by atoms with E-state index in [0.717, 1.165) is 4.90 Å². The van der Waals surface area contributed by atoms with Gasteiger partial charge in [-0.1, -0.05) is 0 Å². The first-order valence-corrected chi connectivity index (χ1v) is 6.12. The van der Waals surface area contributed by atoms with Crippen LogP contribution in [0.15, 0.2) is 0 Å². The summed E-state index contributed by atoms with van der Waals surface area (Å²) in [5.41, 5.74) is 0. The standard InChI is InChI=1S/C11H19F2N3O3/c1-14(7-9(12)13)11(19)16-4-2-3-15(5-6-16)8-10(17)18/h9H,2-8H2,1H3,(H,17,18). The Bertz CT molecular complexity index is 328. The van der Waals surface area contributed by atoms with Crippen LogP contribution in [0.25, 0.3) is 0 Å². The van der Waals surface area contributed by atoms with Crippen LogP contribution >= 0.6 is 0 Å². The second kappa shape index (κ2) is 7.22. The van der Waals surface area contributed by atoms with Crippen LogP contribution in [0.1, 0.15) is 6.42 Å². The minimum atomic E-state index is -2.55. The van der Waals surface area contributed by atoms with Crippen LogP contribution in [-0.4, -0.2) is 84.5 Å². The molecule has 1 N–H and O–H groups in total. The van der Waals surface area contributed by atoms with Crippen molar-refractivity contribution in [2.45, 2.75) is 12.8 Å². The molecule has 110 valence electrons. The number of carboxylic acids is 1. The lowest BCUT2D eigenvalue weighted by molar-refractivity contribution is -0.138. The SMILES string of the molecule is CN(CC(F)F)C(=O)N1CCCN(CC(=O)O)CC1. The van der Waals surface area contributed by atoms with Crippen molar-refractivity contribution in [1.29, 1.82) is 0 Å². The molecular formula is C11H19F2N3O3. The second-order valence-electron chi connectivity index (χ2n) is 4.56. The first-order valence-electron chi connectivity index (χ1n) is 6.12. The van der Waals surface area contributed by atoms with Gasteiger partial charge in [-0.25, -0.2) is 13.6 Å². The lowest BCUT2D eigenvalue weighted by atomic mass is 10.4. The number of carboxylic acid groups (broad SMARTS) is 1. The summed E-state index contributed by atoms with van der Waals surface area (Å²) < 4.78 is 24.4. The molecule has 1 fully saturated rings. The molecule has 0 aromatic rings. The highest BCUT2D eigenvalue weighted by atomic mass is 19.3. The molecule has 6 nitrogen and oxygen atoms in total. The molecule has 0 saturated carbocycles. The molecule has 0 unspecified atom stereocenters. The monoisotopic (exact) mass is 279 g/mol. The Morgan fingerprint density at radius 2 is 1.95 bits per heavy atom. The van der Waals surface area contributed by atoms with E-state index in [1.165, 1.54) is 11.9 Å². The Labute approximate surface area is 110 Å². The van der Waals surface area contributed by atoms with Gasteiger partial charge < -0.3 is 14.9 Å². The van der Waals surface area contributed by atoms with Crippen LogP contribution in [0.5, 0.6) is 0 Å². The summed E-state index contributed by atoms with van der Waals surface area (Å²) in [6, 6.07) is -0.433. The minimum Gasteiger partial charge on any atom is -0.480 e. The van der Waals surface area contributed by atoms with Gasteiger partial charge in [-0.2, -0.15) is 0 Å². The molecule has 1 aliphatic rings. The van der Waals surface area contributed by atoms with Crippen LogP contribution in [0.3, 0.4) is 0 Å². The van der Waals surface area contributed by atoms with Crippen LogP contribution < -0.4 is 0 Å². The maximum Gasteiger partial charge on any atom is 0.319 e. The van der Waals surface area contributed by atoms with E-state index in [9.17, 15) is 18.4 Å². The highest BCUT2D eigenvalue weighted by molar-refractivity contribution is 5.74. The van der Waals surface area contributed by atoms with Gasteiger partial charge >= 0.3 is 12.0 Å². The third-order valence-electron chi connectivity index (χ3n) is 2.96. The van der Waals surface area contributed by atoms with Gasteiger partial charge in [0.1, 0.15) is 0 Å². The third-order valence-corrected chi connectivity index (χ3v) is 2.96. The van der Waals surface area contributed by atoms with Gasteiger partial charge in [0.15, 0.2) is 0 Å². The van der Waals surface area contributed by atoms with Gasteiger partial charge in [-0.15, -0.1) is 0 Å². The van der Waals surface area contributed by atoms with Gasteiger partial charge in [0, 0.05) is 33.2 Å². The largest absolute Gasteiger partial charge is 0.480 e. The Morgan fingerprint density at radius 1 is 1.26 bits per heavy atom. The molecule has 2 amide bonds. The van der Waals surface area contributed by atoms with E-state index in [1.807, 2.05) is 0 Å². The predicted octanol–water partition coefficient (Wildman–Crippen LogP) is 0.396. The number of carbonyl (C=O) groups is 2. The summed E-state index contributed by atoms with van der Waals surface area (Å²) in [6.07, 6.45) is -1.91. The summed E-state index contributed by atoms with van der Waals surface area (Å²) in [5, 5.41) is 8.71. The van der Waals surface area contributed by atoms with E-state index in [2.05, 4.69) is 0 Å². The van der Waals surface area contributed by atoms with Gasteiger partial charge in [-0.3, -0.25) is 9.69 Å². The molecule has 0 aromatic carbocycles. The molecule has 1 rings (SSSR count). The maximum absolute atomic E-state index is 12.2.